The summed E-state index contributed by atoms with van der Waals surface area (Å²) in [6.45, 7) is 1.57. The van der Waals surface area contributed by atoms with Gasteiger partial charge in [0.15, 0.2) is 11.5 Å². The van der Waals surface area contributed by atoms with Gasteiger partial charge in [0, 0.05) is 36.2 Å². The van der Waals surface area contributed by atoms with E-state index >= 15 is 0 Å². The van der Waals surface area contributed by atoms with Crippen molar-refractivity contribution in [1.29, 1.82) is 0 Å². The summed E-state index contributed by atoms with van der Waals surface area (Å²) in [6, 6.07) is 11.6. The van der Waals surface area contributed by atoms with E-state index < -0.39 is 0 Å². The van der Waals surface area contributed by atoms with Gasteiger partial charge < -0.3 is 10.2 Å². The van der Waals surface area contributed by atoms with Crippen molar-refractivity contribution in [2.45, 2.75) is 31.6 Å². The third kappa shape index (κ3) is 3.68. The van der Waals surface area contributed by atoms with E-state index in [2.05, 4.69) is 40.7 Å². The molecule has 0 spiro atoms. The SMILES string of the molecule is O=C(Nc1ccc(-c2n[nH]c(C3CC3)n2)cc1)C1CCN(c2ccc3nncn3n2)CC1. The number of piperidine rings is 1. The summed E-state index contributed by atoms with van der Waals surface area (Å²) < 4.78 is 1.67. The summed E-state index contributed by atoms with van der Waals surface area (Å²) in [5.74, 6) is 3.15. The quantitative estimate of drug-likeness (QED) is 0.501. The van der Waals surface area contributed by atoms with Crippen LogP contribution in [-0.4, -0.2) is 54.0 Å². The van der Waals surface area contributed by atoms with Gasteiger partial charge in [-0.3, -0.25) is 9.89 Å². The summed E-state index contributed by atoms with van der Waals surface area (Å²) in [5, 5.41) is 22.8. The number of fused-ring (bicyclic) bond motifs is 1. The summed E-state index contributed by atoms with van der Waals surface area (Å²) in [5.41, 5.74) is 2.45. The molecule has 1 amide bonds. The zero-order valence-electron chi connectivity index (χ0n) is 17.5. The minimum Gasteiger partial charge on any atom is -0.355 e. The van der Waals surface area contributed by atoms with Crippen LogP contribution in [-0.2, 0) is 4.79 Å². The van der Waals surface area contributed by atoms with Crippen LogP contribution in [0.25, 0.3) is 17.0 Å². The Morgan fingerprint density at radius 3 is 2.62 bits per heavy atom. The maximum absolute atomic E-state index is 12.8. The van der Waals surface area contributed by atoms with E-state index in [1.807, 2.05) is 36.4 Å². The van der Waals surface area contributed by atoms with E-state index in [0.29, 0.717) is 11.7 Å². The maximum Gasteiger partial charge on any atom is 0.227 e. The largest absolute Gasteiger partial charge is 0.355 e. The van der Waals surface area contributed by atoms with Crippen LogP contribution in [0.4, 0.5) is 11.5 Å². The molecular weight excluding hydrogens is 406 g/mol. The van der Waals surface area contributed by atoms with Crippen molar-refractivity contribution in [3.63, 3.8) is 0 Å². The molecule has 0 atom stereocenters. The Labute approximate surface area is 184 Å². The summed E-state index contributed by atoms with van der Waals surface area (Å²) in [7, 11) is 0. The van der Waals surface area contributed by atoms with E-state index in [0.717, 1.165) is 54.5 Å². The Bertz CT molecular complexity index is 1250. The van der Waals surface area contributed by atoms with Crippen molar-refractivity contribution in [3.05, 3.63) is 48.5 Å². The first-order valence-corrected chi connectivity index (χ1v) is 11.0. The Balaban J connectivity index is 1.05. The Kier molecular flexibility index (Phi) is 4.55. The van der Waals surface area contributed by atoms with Gasteiger partial charge in [0.25, 0.3) is 0 Å². The van der Waals surface area contributed by atoms with Crippen LogP contribution in [0.2, 0.25) is 0 Å². The molecule has 1 aliphatic carbocycles. The summed E-state index contributed by atoms with van der Waals surface area (Å²) in [6.07, 6.45) is 5.54. The molecule has 0 radical (unpaired) electrons. The highest BCUT2D eigenvalue weighted by Gasteiger charge is 2.28. The summed E-state index contributed by atoms with van der Waals surface area (Å²) in [4.78, 5) is 19.6. The van der Waals surface area contributed by atoms with E-state index in [9.17, 15) is 4.79 Å². The van der Waals surface area contributed by atoms with Gasteiger partial charge in [-0.05, 0) is 62.1 Å². The second-order valence-electron chi connectivity index (χ2n) is 8.47. The maximum atomic E-state index is 12.8. The normalized spacial score (nSPS) is 17.1. The van der Waals surface area contributed by atoms with Crippen LogP contribution in [0.15, 0.2) is 42.7 Å². The third-order valence-electron chi connectivity index (χ3n) is 6.21. The number of rotatable bonds is 5. The number of amides is 1. The Hall–Kier alpha value is -3.82. The lowest BCUT2D eigenvalue weighted by Gasteiger charge is -2.32. The fourth-order valence-electron chi connectivity index (χ4n) is 4.15. The number of hydrogen-bond donors (Lipinski definition) is 2. The van der Waals surface area contributed by atoms with Crippen molar-refractivity contribution in [3.8, 4) is 11.4 Å². The molecule has 32 heavy (non-hydrogen) atoms. The van der Waals surface area contributed by atoms with Gasteiger partial charge in [0.1, 0.15) is 18.0 Å². The molecule has 162 valence electrons. The molecule has 2 fully saturated rings. The molecule has 3 aromatic heterocycles. The fourth-order valence-corrected chi connectivity index (χ4v) is 4.15. The molecule has 0 unspecified atom stereocenters. The lowest BCUT2D eigenvalue weighted by atomic mass is 9.95. The van der Waals surface area contributed by atoms with Crippen LogP contribution in [0.1, 0.15) is 37.4 Å². The predicted octanol–water partition coefficient (Wildman–Crippen LogP) is 2.64. The van der Waals surface area contributed by atoms with Gasteiger partial charge in [-0.2, -0.15) is 9.61 Å². The van der Waals surface area contributed by atoms with Gasteiger partial charge in [-0.15, -0.1) is 15.3 Å². The zero-order valence-corrected chi connectivity index (χ0v) is 17.5. The molecule has 4 aromatic rings. The second kappa shape index (κ2) is 7.70. The third-order valence-corrected chi connectivity index (χ3v) is 6.21. The van der Waals surface area contributed by atoms with Crippen molar-refractivity contribution in [2.75, 3.05) is 23.3 Å². The fraction of sp³-hybridized carbons (Fsp3) is 0.364. The molecular formula is C22H23N9O. The smallest absolute Gasteiger partial charge is 0.227 e. The Morgan fingerprint density at radius 2 is 1.84 bits per heavy atom. The number of hydrogen-bond acceptors (Lipinski definition) is 7. The summed E-state index contributed by atoms with van der Waals surface area (Å²) >= 11 is 0. The van der Waals surface area contributed by atoms with Crippen LogP contribution in [0.5, 0.6) is 0 Å². The van der Waals surface area contributed by atoms with Gasteiger partial charge in [0.2, 0.25) is 5.91 Å². The monoisotopic (exact) mass is 429 g/mol. The van der Waals surface area contributed by atoms with E-state index in [4.69, 9.17) is 0 Å². The number of carbonyl (C=O) groups excluding carboxylic acids is 1. The lowest BCUT2D eigenvalue weighted by molar-refractivity contribution is -0.120. The van der Waals surface area contributed by atoms with Crippen molar-refractivity contribution in [1.82, 2.24) is 35.0 Å². The molecule has 2 aliphatic rings. The Morgan fingerprint density at radius 1 is 1.03 bits per heavy atom. The molecule has 1 aromatic carbocycles. The van der Waals surface area contributed by atoms with E-state index in [-0.39, 0.29) is 11.8 Å². The second-order valence-corrected chi connectivity index (χ2v) is 8.47. The van der Waals surface area contributed by atoms with E-state index in [1.54, 1.807) is 10.8 Å². The van der Waals surface area contributed by atoms with Crippen molar-refractivity contribution < 1.29 is 4.79 Å². The molecule has 1 saturated carbocycles. The number of benzene rings is 1. The highest BCUT2D eigenvalue weighted by molar-refractivity contribution is 5.92. The number of anilines is 2. The number of carbonyl (C=O) groups is 1. The number of H-pyrrole nitrogens is 1. The average molecular weight is 429 g/mol. The van der Waals surface area contributed by atoms with Crippen molar-refractivity contribution >= 4 is 23.1 Å². The molecule has 6 rings (SSSR count). The molecule has 10 nitrogen and oxygen atoms in total. The molecule has 1 aliphatic heterocycles. The van der Waals surface area contributed by atoms with E-state index in [1.165, 1.54) is 12.8 Å². The van der Waals surface area contributed by atoms with Crippen LogP contribution in [0.3, 0.4) is 0 Å². The number of aromatic amines is 1. The minimum absolute atomic E-state index is 0.0151. The number of nitrogens with one attached hydrogen (secondary N) is 2. The standard InChI is InChI=1S/C22H23N9O/c32-22(16-9-11-30(12-10-16)19-8-7-18-26-23-13-31(18)29-19)24-17-5-3-15(4-6-17)21-25-20(27-28-21)14-1-2-14/h3-8,13-14,16H,1-2,9-12H2,(H,24,32)(H,25,27,28). The van der Waals surface area contributed by atoms with Crippen LogP contribution >= 0.6 is 0 Å². The van der Waals surface area contributed by atoms with Crippen molar-refractivity contribution in [2.24, 2.45) is 5.92 Å². The molecule has 1 saturated heterocycles. The van der Waals surface area contributed by atoms with Gasteiger partial charge in [-0.25, -0.2) is 4.98 Å². The first-order valence-electron chi connectivity index (χ1n) is 11.0. The highest BCUT2D eigenvalue weighted by atomic mass is 16.1. The van der Waals surface area contributed by atoms with Gasteiger partial charge in [0.05, 0.1) is 0 Å². The van der Waals surface area contributed by atoms with Gasteiger partial charge in [-0.1, -0.05) is 0 Å². The van der Waals surface area contributed by atoms with Crippen LogP contribution in [0, 0.1) is 5.92 Å². The highest BCUT2D eigenvalue weighted by Crippen LogP contribution is 2.38. The molecule has 2 N–H and O–H groups in total. The lowest BCUT2D eigenvalue weighted by Crippen LogP contribution is -2.38. The molecule has 4 heterocycles. The predicted molar refractivity (Wildman–Crippen MR) is 118 cm³/mol. The minimum atomic E-state index is -0.0151. The first kappa shape index (κ1) is 18.9. The van der Waals surface area contributed by atoms with Crippen LogP contribution < -0.4 is 10.2 Å². The molecule has 0 bridgehead atoms. The first-order chi connectivity index (χ1) is 15.7. The molecule has 10 heteroatoms. The topological polar surface area (TPSA) is 117 Å². The number of nitrogens with zero attached hydrogens (tertiary/aromatic N) is 7. The zero-order chi connectivity index (χ0) is 21.5. The number of aromatic nitrogens is 7. The van der Waals surface area contributed by atoms with Gasteiger partial charge >= 0.3 is 0 Å². The average Bonchev–Trinajstić information content (AvgIpc) is 3.37.